The minimum Gasteiger partial charge on any atom is -0.491 e. The summed E-state index contributed by atoms with van der Waals surface area (Å²) in [6.45, 7) is 6.17. The molecule has 0 fully saturated rings. The van der Waals surface area contributed by atoms with Crippen LogP contribution in [0, 0.1) is 13.8 Å². The lowest BCUT2D eigenvalue weighted by atomic mass is 10.1. The topological polar surface area (TPSA) is 46.5 Å². The molecule has 0 spiro atoms. The van der Waals surface area contributed by atoms with Crippen molar-refractivity contribution in [1.29, 1.82) is 0 Å². The predicted octanol–water partition coefficient (Wildman–Crippen LogP) is 4.18. The molecule has 1 heterocycles. The molecular formula is C19H20O3S. The van der Waals surface area contributed by atoms with Gasteiger partial charge in [-0.15, -0.1) is 11.3 Å². The van der Waals surface area contributed by atoms with Gasteiger partial charge in [-0.1, -0.05) is 19.1 Å². The van der Waals surface area contributed by atoms with Crippen LogP contribution < -0.4 is 10.2 Å². The SMILES string of the molecule is CCC(O)COc1cc2c(=O)c3ccccc3sc2c(C)c1C. The fourth-order valence-corrected chi connectivity index (χ4v) is 3.82. The molecule has 0 amide bonds. The van der Waals surface area contributed by atoms with Crippen LogP contribution in [0.4, 0.5) is 0 Å². The lowest BCUT2D eigenvalue weighted by molar-refractivity contribution is 0.104. The molecule has 0 saturated heterocycles. The molecule has 4 heteroatoms. The molecule has 120 valence electrons. The molecule has 0 aliphatic carbocycles. The van der Waals surface area contributed by atoms with Crippen LogP contribution >= 0.6 is 11.3 Å². The highest BCUT2D eigenvalue weighted by Gasteiger charge is 2.14. The van der Waals surface area contributed by atoms with E-state index in [2.05, 4.69) is 0 Å². The van der Waals surface area contributed by atoms with Crippen LogP contribution in [-0.2, 0) is 0 Å². The van der Waals surface area contributed by atoms with Gasteiger partial charge in [0.2, 0.25) is 0 Å². The smallest absolute Gasteiger partial charge is 0.196 e. The highest BCUT2D eigenvalue weighted by molar-refractivity contribution is 7.24. The van der Waals surface area contributed by atoms with E-state index in [9.17, 15) is 9.90 Å². The number of hydrogen-bond donors (Lipinski definition) is 1. The number of benzene rings is 2. The lowest BCUT2D eigenvalue weighted by Gasteiger charge is -2.15. The second-order valence-electron chi connectivity index (χ2n) is 5.80. The van der Waals surface area contributed by atoms with Crippen molar-refractivity contribution in [3.63, 3.8) is 0 Å². The molecular weight excluding hydrogens is 308 g/mol. The van der Waals surface area contributed by atoms with Gasteiger partial charge in [0, 0.05) is 20.2 Å². The van der Waals surface area contributed by atoms with Crippen LogP contribution in [0.15, 0.2) is 35.1 Å². The number of aliphatic hydroxyl groups is 1. The first kappa shape index (κ1) is 16.0. The van der Waals surface area contributed by atoms with Crippen molar-refractivity contribution in [1.82, 2.24) is 0 Å². The summed E-state index contributed by atoms with van der Waals surface area (Å²) in [4.78, 5) is 12.8. The summed E-state index contributed by atoms with van der Waals surface area (Å²) < 4.78 is 7.77. The Hall–Kier alpha value is -1.91. The summed E-state index contributed by atoms with van der Waals surface area (Å²) in [6.07, 6.45) is 0.155. The van der Waals surface area contributed by atoms with Gasteiger partial charge in [-0.25, -0.2) is 0 Å². The Bertz CT molecular complexity index is 927. The van der Waals surface area contributed by atoms with Crippen LogP contribution in [0.2, 0.25) is 0 Å². The van der Waals surface area contributed by atoms with Gasteiger partial charge in [0.05, 0.1) is 6.10 Å². The minimum absolute atomic E-state index is 0.0401. The van der Waals surface area contributed by atoms with Crippen LogP contribution in [0.25, 0.3) is 20.2 Å². The van der Waals surface area contributed by atoms with Gasteiger partial charge in [-0.2, -0.15) is 0 Å². The van der Waals surface area contributed by atoms with E-state index in [1.54, 1.807) is 11.3 Å². The Morgan fingerprint density at radius 2 is 1.91 bits per heavy atom. The largest absolute Gasteiger partial charge is 0.491 e. The average molecular weight is 328 g/mol. The first-order valence-electron chi connectivity index (χ1n) is 7.79. The molecule has 1 atom stereocenters. The lowest BCUT2D eigenvalue weighted by Crippen LogP contribution is -2.16. The van der Waals surface area contributed by atoms with Crippen LogP contribution in [0.5, 0.6) is 5.75 Å². The third-order valence-electron chi connectivity index (χ3n) is 4.28. The summed E-state index contributed by atoms with van der Waals surface area (Å²) in [7, 11) is 0. The Morgan fingerprint density at radius 1 is 1.17 bits per heavy atom. The van der Waals surface area contributed by atoms with Gasteiger partial charge in [0.25, 0.3) is 0 Å². The van der Waals surface area contributed by atoms with Gasteiger partial charge in [0.1, 0.15) is 12.4 Å². The van der Waals surface area contributed by atoms with E-state index in [1.807, 2.05) is 51.1 Å². The molecule has 1 aromatic heterocycles. The van der Waals surface area contributed by atoms with Gasteiger partial charge in [0.15, 0.2) is 5.43 Å². The molecule has 1 N–H and O–H groups in total. The summed E-state index contributed by atoms with van der Waals surface area (Å²) in [5.74, 6) is 0.682. The van der Waals surface area contributed by atoms with Gasteiger partial charge in [-0.3, -0.25) is 4.79 Å². The van der Waals surface area contributed by atoms with Crippen LogP contribution in [0.1, 0.15) is 24.5 Å². The quantitative estimate of drug-likeness (QED) is 0.731. The molecule has 1 unspecified atom stereocenters. The zero-order valence-corrected chi connectivity index (χ0v) is 14.4. The highest BCUT2D eigenvalue weighted by atomic mass is 32.1. The second-order valence-corrected chi connectivity index (χ2v) is 6.85. The van der Waals surface area contributed by atoms with Gasteiger partial charge < -0.3 is 9.84 Å². The average Bonchev–Trinajstić information content (AvgIpc) is 2.57. The molecule has 0 aliphatic rings. The number of aliphatic hydroxyl groups excluding tert-OH is 1. The first-order valence-corrected chi connectivity index (χ1v) is 8.61. The Kier molecular flexibility index (Phi) is 4.37. The third-order valence-corrected chi connectivity index (χ3v) is 5.59. The molecule has 0 radical (unpaired) electrons. The van der Waals surface area contributed by atoms with Crippen molar-refractivity contribution in [2.45, 2.75) is 33.3 Å². The molecule has 23 heavy (non-hydrogen) atoms. The maximum atomic E-state index is 12.8. The third kappa shape index (κ3) is 2.84. The minimum atomic E-state index is -0.489. The molecule has 0 aliphatic heterocycles. The normalized spacial score (nSPS) is 12.7. The molecule has 3 nitrogen and oxygen atoms in total. The number of fused-ring (bicyclic) bond motifs is 2. The first-order chi connectivity index (χ1) is 11.0. The fraction of sp³-hybridized carbons (Fsp3) is 0.316. The van der Waals surface area contributed by atoms with Crippen LogP contribution in [0.3, 0.4) is 0 Å². The molecule has 3 aromatic rings. The number of hydrogen-bond acceptors (Lipinski definition) is 4. The summed E-state index contributed by atoms with van der Waals surface area (Å²) in [6, 6.07) is 9.52. The van der Waals surface area contributed by atoms with Crippen LogP contribution in [-0.4, -0.2) is 17.8 Å². The standard InChI is InChI=1S/C19H20O3S/c1-4-13(20)10-22-16-9-15-18(21)14-7-5-6-8-17(14)23-19(15)12(3)11(16)2/h5-9,13,20H,4,10H2,1-3H3. The van der Waals surface area contributed by atoms with E-state index in [4.69, 9.17) is 4.74 Å². The Balaban J connectivity index is 2.21. The van der Waals surface area contributed by atoms with E-state index in [-0.39, 0.29) is 12.0 Å². The van der Waals surface area contributed by atoms with E-state index >= 15 is 0 Å². The summed E-state index contributed by atoms with van der Waals surface area (Å²) in [5, 5.41) is 11.1. The highest BCUT2D eigenvalue weighted by Crippen LogP contribution is 2.33. The predicted molar refractivity (Wildman–Crippen MR) is 96.9 cm³/mol. The van der Waals surface area contributed by atoms with E-state index in [0.717, 1.165) is 25.9 Å². The second kappa shape index (κ2) is 6.30. The van der Waals surface area contributed by atoms with Crippen molar-refractivity contribution < 1.29 is 9.84 Å². The molecule has 3 rings (SSSR count). The zero-order chi connectivity index (χ0) is 16.6. The van der Waals surface area contributed by atoms with Crippen molar-refractivity contribution in [2.24, 2.45) is 0 Å². The number of rotatable bonds is 4. The van der Waals surface area contributed by atoms with Crippen molar-refractivity contribution >= 4 is 31.5 Å². The zero-order valence-electron chi connectivity index (χ0n) is 13.6. The maximum absolute atomic E-state index is 12.8. The Labute approximate surface area is 139 Å². The fourth-order valence-electron chi connectivity index (χ4n) is 2.61. The summed E-state index contributed by atoms with van der Waals surface area (Å²) in [5.41, 5.74) is 2.13. The van der Waals surface area contributed by atoms with Crippen molar-refractivity contribution in [3.8, 4) is 5.75 Å². The van der Waals surface area contributed by atoms with E-state index in [1.165, 1.54) is 0 Å². The van der Waals surface area contributed by atoms with Gasteiger partial charge >= 0.3 is 0 Å². The number of ether oxygens (including phenoxy) is 1. The molecule has 2 aromatic carbocycles. The Morgan fingerprint density at radius 3 is 2.65 bits per heavy atom. The van der Waals surface area contributed by atoms with E-state index in [0.29, 0.717) is 17.6 Å². The van der Waals surface area contributed by atoms with Crippen molar-refractivity contribution in [2.75, 3.05) is 6.61 Å². The number of aryl methyl sites for hydroxylation is 1. The van der Waals surface area contributed by atoms with E-state index < -0.39 is 6.10 Å². The molecule has 0 saturated carbocycles. The summed E-state index contributed by atoms with van der Waals surface area (Å²) >= 11 is 1.64. The van der Waals surface area contributed by atoms with Crippen molar-refractivity contribution in [3.05, 3.63) is 51.7 Å². The van der Waals surface area contributed by atoms with Gasteiger partial charge in [-0.05, 0) is 49.6 Å². The maximum Gasteiger partial charge on any atom is 0.196 e. The molecule has 0 bridgehead atoms. The monoisotopic (exact) mass is 328 g/mol.